The van der Waals surface area contributed by atoms with Crippen LogP contribution in [-0.4, -0.2) is 9.97 Å². The maximum atomic E-state index is 11.4. The highest BCUT2D eigenvalue weighted by molar-refractivity contribution is 5.52. The normalized spacial score (nSPS) is 10.1. The van der Waals surface area contributed by atoms with Crippen molar-refractivity contribution in [2.75, 3.05) is 11.5 Å². The third kappa shape index (κ3) is 2.74. The van der Waals surface area contributed by atoms with E-state index in [1.54, 1.807) is 24.3 Å². The number of aromatic nitrogens is 2. The monoisotopic (exact) mass is 258 g/mol. The summed E-state index contributed by atoms with van der Waals surface area (Å²) in [7, 11) is 0. The number of nitrogen functional groups attached to an aromatic ring is 2. The number of nitrogens with zero attached hydrogens (tertiary/aromatic N) is 1. The molecule has 1 heterocycles. The van der Waals surface area contributed by atoms with Crippen molar-refractivity contribution in [3.8, 4) is 11.6 Å². The summed E-state index contributed by atoms with van der Waals surface area (Å²) in [6.45, 7) is 3.67. The first kappa shape index (κ1) is 12.7. The van der Waals surface area contributed by atoms with Crippen LogP contribution in [-0.2, 0) is 6.42 Å². The molecule has 2 rings (SSSR count). The van der Waals surface area contributed by atoms with Crippen LogP contribution in [0.15, 0.2) is 42.0 Å². The zero-order chi connectivity index (χ0) is 13.8. The van der Waals surface area contributed by atoms with Gasteiger partial charge in [-0.15, -0.1) is 6.58 Å². The summed E-state index contributed by atoms with van der Waals surface area (Å²) in [6, 6.07) is 5.18. The van der Waals surface area contributed by atoms with Crippen LogP contribution in [0.4, 0.5) is 11.4 Å². The number of allylic oxidation sites excluding steroid dienone is 1. The van der Waals surface area contributed by atoms with Crippen LogP contribution < -0.4 is 21.8 Å². The second-order valence-corrected chi connectivity index (χ2v) is 3.91. The Kier molecular flexibility index (Phi) is 3.51. The first-order chi connectivity index (χ1) is 9.11. The molecule has 0 spiro atoms. The summed E-state index contributed by atoms with van der Waals surface area (Å²) in [5.74, 6) is 0.609. The molecule has 0 radical (unpaired) electrons. The summed E-state index contributed by atoms with van der Waals surface area (Å²) in [5.41, 5.74) is 12.3. The topological polar surface area (TPSA) is 107 Å². The molecule has 0 aliphatic heterocycles. The predicted octanol–water partition coefficient (Wildman–Crippen LogP) is 1.46. The van der Waals surface area contributed by atoms with Crippen molar-refractivity contribution in [3.05, 3.63) is 53.1 Å². The van der Waals surface area contributed by atoms with Crippen molar-refractivity contribution in [3.63, 3.8) is 0 Å². The number of nitrogens with two attached hydrogens (primary N) is 2. The van der Waals surface area contributed by atoms with Gasteiger partial charge in [0.2, 0.25) is 5.88 Å². The maximum absolute atomic E-state index is 11.4. The van der Waals surface area contributed by atoms with Gasteiger partial charge in [0.15, 0.2) is 5.69 Å². The van der Waals surface area contributed by atoms with E-state index in [2.05, 4.69) is 16.5 Å². The highest BCUT2D eigenvalue weighted by atomic mass is 16.5. The Labute approximate surface area is 109 Å². The molecule has 0 saturated carbocycles. The zero-order valence-electron chi connectivity index (χ0n) is 10.2. The lowest BCUT2D eigenvalue weighted by atomic mass is 10.1. The van der Waals surface area contributed by atoms with E-state index in [1.165, 1.54) is 6.33 Å². The lowest BCUT2D eigenvalue weighted by Crippen LogP contribution is -2.13. The van der Waals surface area contributed by atoms with E-state index < -0.39 is 5.56 Å². The van der Waals surface area contributed by atoms with Crippen molar-refractivity contribution in [2.45, 2.75) is 6.42 Å². The number of ether oxygens (including phenoxy) is 1. The largest absolute Gasteiger partial charge is 0.437 e. The molecular formula is C13H14N4O2. The minimum absolute atomic E-state index is 0.0659. The smallest absolute Gasteiger partial charge is 0.277 e. The lowest BCUT2D eigenvalue weighted by Gasteiger charge is -2.10. The molecule has 0 aliphatic rings. The van der Waals surface area contributed by atoms with Crippen LogP contribution in [0.25, 0.3) is 0 Å². The first-order valence-corrected chi connectivity index (χ1v) is 5.62. The number of aromatic amines is 1. The molecule has 6 heteroatoms. The molecule has 0 saturated heterocycles. The van der Waals surface area contributed by atoms with Gasteiger partial charge in [0.1, 0.15) is 5.75 Å². The molecule has 98 valence electrons. The number of rotatable bonds is 4. The predicted molar refractivity (Wildman–Crippen MR) is 74.1 cm³/mol. The molecule has 0 amide bonds. The van der Waals surface area contributed by atoms with E-state index in [1.807, 2.05) is 0 Å². The Hall–Kier alpha value is -2.76. The summed E-state index contributed by atoms with van der Waals surface area (Å²) in [4.78, 5) is 17.6. The number of hydrogen-bond donors (Lipinski definition) is 3. The van der Waals surface area contributed by atoms with Gasteiger partial charge in [-0.3, -0.25) is 4.79 Å². The third-order valence-corrected chi connectivity index (χ3v) is 2.51. The van der Waals surface area contributed by atoms with Gasteiger partial charge in [-0.25, -0.2) is 4.98 Å². The van der Waals surface area contributed by atoms with Gasteiger partial charge >= 0.3 is 0 Å². The Morgan fingerprint density at radius 1 is 1.42 bits per heavy atom. The Morgan fingerprint density at radius 2 is 2.21 bits per heavy atom. The van der Waals surface area contributed by atoms with Crippen LogP contribution >= 0.6 is 0 Å². The van der Waals surface area contributed by atoms with Crippen LogP contribution in [0.3, 0.4) is 0 Å². The molecule has 5 N–H and O–H groups in total. The number of hydrogen-bond acceptors (Lipinski definition) is 5. The van der Waals surface area contributed by atoms with Gasteiger partial charge in [-0.2, -0.15) is 0 Å². The van der Waals surface area contributed by atoms with E-state index >= 15 is 0 Å². The van der Waals surface area contributed by atoms with Crippen LogP contribution in [0, 0.1) is 0 Å². The van der Waals surface area contributed by atoms with E-state index in [0.29, 0.717) is 17.9 Å². The van der Waals surface area contributed by atoms with E-state index in [-0.39, 0.29) is 11.6 Å². The van der Waals surface area contributed by atoms with Crippen molar-refractivity contribution >= 4 is 11.4 Å². The lowest BCUT2D eigenvalue weighted by molar-refractivity contribution is 0.459. The minimum atomic E-state index is -0.439. The molecule has 0 fully saturated rings. The molecule has 0 bridgehead atoms. The molecule has 2 aromatic rings. The molecule has 0 atom stereocenters. The second kappa shape index (κ2) is 5.26. The first-order valence-electron chi connectivity index (χ1n) is 5.62. The third-order valence-electron chi connectivity index (χ3n) is 2.51. The fourth-order valence-electron chi connectivity index (χ4n) is 1.59. The molecule has 1 aromatic carbocycles. The highest BCUT2D eigenvalue weighted by Gasteiger charge is 2.10. The Morgan fingerprint density at radius 3 is 2.95 bits per heavy atom. The van der Waals surface area contributed by atoms with E-state index in [0.717, 1.165) is 5.56 Å². The Balaban J connectivity index is 2.40. The number of anilines is 2. The Bertz CT molecular complexity index is 664. The molecular weight excluding hydrogens is 244 g/mol. The SMILES string of the molecule is C=CCc1cc(N)ccc1Oc1nc[nH]c(=O)c1N. The average molecular weight is 258 g/mol. The zero-order valence-corrected chi connectivity index (χ0v) is 10.2. The van der Waals surface area contributed by atoms with Crippen molar-refractivity contribution in [1.82, 2.24) is 9.97 Å². The van der Waals surface area contributed by atoms with Crippen LogP contribution in [0.1, 0.15) is 5.56 Å². The second-order valence-electron chi connectivity index (χ2n) is 3.91. The van der Waals surface area contributed by atoms with Crippen molar-refractivity contribution in [2.24, 2.45) is 0 Å². The molecule has 0 aliphatic carbocycles. The van der Waals surface area contributed by atoms with Gasteiger partial charge < -0.3 is 21.2 Å². The van der Waals surface area contributed by atoms with Gasteiger partial charge in [-0.1, -0.05) is 6.08 Å². The van der Waals surface area contributed by atoms with Crippen molar-refractivity contribution < 1.29 is 4.74 Å². The van der Waals surface area contributed by atoms with Crippen molar-refractivity contribution in [1.29, 1.82) is 0 Å². The van der Waals surface area contributed by atoms with Crippen LogP contribution in [0.2, 0.25) is 0 Å². The average Bonchev–Trinajstić information content (AvgIpc) is 2.38. The van der Waals surface area contributed by atoms with E-state index in [9.17, 15) is 4.79 Å². The standard InChI is InChI=1S/C13H14N4O2/c1-2-3-8-6-9(14)4-5-10(8)19-13-11(15)12(18)16-7-17-13/h2,4-7H,1,3,14-15H2,(H,16,17,18). The highest BCUT2D eigenvalue weighted by Crippen LogP contribution is 2.28. The fraction of sp³-hybridized carbons (Fsp3) is 0.0769. The molecule has 1 aromatic heterocycles. The summed E-state index contributed by atoms with van der Waals surface area (Å²) < 4.78 is 5.57. The molecule has 19 heavy (non-hydrogen) atoms. The minimum Gasteiger partial charge on any atom is -0.437 e. The number of H-pyrrole nitrogens is 1. The molecule has 6 nitrogen and oxygen atoms in total. The maximum Gasteiger partial charge on any atom is 0.277 e. The van der Waals surface area contributed by atoms with E-state index in [4.69, 9.17) is 16.2 Å². The van der Waals surface area contributed by atoms with Gasteiger partial charge in [-0.05, 0) is 24.6 Å². The summed E-state index contributed by atoms with van der Waals surface area (Å²) in [5, 5.41) is 0. The summed E-state index contributed by atoms with van der Waals surface area (Å²) in [6.07, 6.45) is 3.55. The number of benzene rings is 1. The fourth-order valence-corrected chi connectivity index (χ4v) is 1.59. The number of nitrogens with one attached hydrogen (secondary N) is 1. The van der Waals surface area contributed by atoms with Gasteiger partial charge in [0, 0.05) is 11.3 Å². The molecule has 0 unspecified atom stereocenters. The quantitative estimate of drug-likeness (QED) is 0.568. The van der Waals surface area contributed by atoms with Gasteiger partial charge in [0.25, 0.3) is 5.56 Å². The summed E-state index contributed by atoms with van der Waals surface area (Å²) >= 11 is 0. The van der Waals surface area contributed by atoms with Crippen LogP contribution in [0.5, 0.6) is 11.6 Å². The van der Waals surface area contributed by atoms with Gasteiger partial charge in [0.05, 0.1) is 6.33 Å².